The number of nitrogens with zero attached hydrogens (tertiary/aromatic N) is 4. The van der Waals surface area contributed by atoms with E-state index in [1.54, 1.807) is 0 Å². The highest BCUT2D eigenvalue weighted by Crippen LogP contribution is 2.41. The predicted octanol–water partition coefficient (Wildman–Crippen LogP) is -1.43. The van der Waals surface area contributed by atoms with Gasteiger partial charge in [-0.3, -0.25) is 18.7 Å². The molecule has 0 aliphatic carbocycles. The lowest BCUT2D eigenvalue weighted by atomic mass is 10.1. The second-order valence-corrected chi connectivity index (χ2v) is 6.00. The molecule has 0 radical (unpaired) electrons. The van der Waals surface area contributed by atoms with Crippen molar-refractivity contribution >= 4 is 0 Å². The fourth-order valence-corrected chi connectivity index (χ4v) is 2.73. The van der Waals surface area contributed by atoms with Crippen LogP contribution in [0.2, 0.25) is 0 Å². The van der Waals surface area contributed by atoms with Crippen LogP contribution in [0.3, 0.4) is 0 Å². The van der Waals surface area contributed by atoms with E-state index in [9.17, 15) is 27.9 Å². The van der Waals surface area contributed by atoms with Gasteiger partial charge in [0.05, 0.1) is 31.1 Å². The van der Waals surface area contributed by atoms with Gasteiger partial charge in [-0.2, -0.15) is 8.78 Å². The SMILES string of the molecule is O=c1[nH]c(=O)n([C@@H]2O[C@H](CO)[C@@H](O)C2(F)F)cc1Cn1cc(CCF)nn1. The molecule has 1 aliphatic rings. The van der Waals surface area contributed by atoms with Gasteiger partial charge in [-0.15, -0.1) is 5.10 Å². The van der Waals surface area contributed by atoms with Gasteiger partial charge in [0, 0.05) is 18.8 Å². The number of aromatic nitrogens is 5. The fraction of sp³-hybridized carbons (Fsp3) is 0.571. The van der Waals surface area contributed by atoms with Crippen molar-refractivity contribution in [1.29, 1.82) is 0 Å². The van der Waals surface area contributed by atoms with E-state index in [1.807, 2.05) is 4.98 Å². The molecule has 0 bridgehead atoms. The van der Waals surface area contributed by atoms with Crippen LogP contribution in [0.1, 0.15) is 17.5 Å². The molecule has 148 valence electrons. The van der Waals surface area contributed by atoms with E-state index >= 15 is 0 Å². The van der Waals surface area contributed by atoms with E-state index < -0.39 is 48.9 Å². The van der Waals surface area contributed by atoms with Gasteiger partial charge in [0.15, 0.2) is 6.10 Å². The van der Waals surface area contributed by atoms with Gasteiger partial charge in [0.2, 0.25) is 6.23 Å². The van der Waals surface area contributed by atoms with Crippen molar-refractivity contribution < 1.29 is 28.1 Å². The first kappa shape index (κ1) is 19.3. The highest BCUT2D eigenvalue weighted by atomic mass is 19.3. The largest absolute Gasteiger partial charge is 0.394 e. The van der Waals surface area contributed by atoms with E-state index in [1.165, 1.54) is 10.9 Å². The predicted molar refractivity (Wildman–Crippen MR) is 82.1 cm³/mol. The molecule has 1 fully saturated rings. The molecule has 3 N–H and O–H groups in total. The van der Waals surface area contributed by atoms with Crippen molar-refractivity contribution in [2.75, 3.05) is 13.3 Å². The molecule has 0 amide bonds. The normalized spacial score (nSPS) is 24.4. The number of aromatic amines is 1. The summed E-state index contributed by atoms with van der Waals surface area (Å²) in [5, 5.41) is 26.0. The van der Waals surface area contributed by atoms with Crippen molar-refractivity contribution in [1.82, 2.24) is 24.5 Å². The Morgan fingerprint density at radius 3 is 2.70 bits per heavy atom. The van der Waals surface area contributed by atoms with Gasteiger partial charge >= 0.3 is 11.6 Å². The summed E-state index contributed by atoms with van der Waals surface area (Å²) >= 11 is 0. The van der Waals surface area contributed by atoms with Crippen LogP contribution in [0.5, 0.6) is 0 Å². The highest BCUT2D eigenvalue weighted by Gasteiger charge is 2.59. The third kappa shape index (κ3) is 3.52. The lowest BCUT2D eigenvalue weighted by Crippen LogP contribution is -2.43. The maximum absolute atomic E-state index is 14.3. The topological polar surface area (TPSA) is 135 Å². The number of H-pyrrole nitrogens is 1. The number of aryl methyl sites for hydroxylation is 1. The van der Waals surface area contributed by atoms with Crippen molar-refractivity contribution in [3.63, 3.8) is 0 Å². The van der Waals surface area contributed by atoms with Gasteiger partial charge in [0.25, 0.3) is 5.56 Å². The van der Waals surface area contributed by atoms with Crippen molar-refractivity contribution in [2.45, 2.75) is 37.3 Å². The molecule has 1 aliphatic heterocycles. The zero-order valence-corrected chi connectivity index (χ0v) is 13.8. The molecule has 2 aromatic rings. The number of hydrogen-bond acceptors (Lipinski definition) is 7. The van der Waals surface area contributed by atoms with E-state index in [-0.39, 0.29) is 18.5 Å². The lowest BCUT2D eigenvalue weighted by molar-refractivity contribution is -0.141. The number of nitrogens with one attached hydrogen (secondary N) is 1. The number of halogens is 3. The number of hydrogen-bond donors (Lipinski definition) is 3. The Balaban J connectivity index is 1.94. The fourth-order valence-electron chi connectivity index (χ4n) is 2.73. The Bertz CT molecular complexity index is 926. The quantitative estimate of drug-likeness (QED) is 0.550. The summed E-state index contributed by atoms with van der Waals surface area (Å²) in [7, 11) is 0. The molecule has 3 rings (SSSR count). The summed E-state index contributed by atoms with van der Waals surface area (Å²) in [6.07, 6.45) is -3.87. The zero-order valence-electron chi connectivity index (χ0n) is 13.8. The summed E-state index contributed by atoms with van der Waals surface area (Å²) in [6, 6.07) is 0. The van der Waals surface area contributed by atoms with Crippen LogP contribution >= 0.6 is 0 Å². The summed E-state index contributed by atoms with van der Waals surface area (Å²) in [5.41, 5.74) is -1.79. The van der Waals surface area contributed by atoms with Crippen LogP contribution in [0, 0.1) is 0 Å². The van der Waals surface area contributed by atoms with Crippen LogP contribution in [0.25, 0.3) is 0 Å². The molecule has 10 nitrogen and oxygen atoms in total. The summed E-state index contributed by atoms with van der Waals surface area (Å²) in [6.45, 7) is -1.75. The number of ether oxygens (including phenoxy) is 1. The van der Waals surface area contributed by atoms with Crippen LogP contribution in [0.4, 0.5) is 13.2 Å². The minimum Gasteiger partial charge on any atom is -0.394 e. The molecule has 3 atom stereocenters. The monoisotopic (exact) mass is 391 g/mol. The molecule has 3 heterocycles. The molecule has 27 heavy (non-hydrogen) atoms. The van der Waals surface area contributed by atoms with E-state index in [4.69, 9.17) is 9.84 Å². The summed E-state index contributed by atoms with van der Waals surface area (Å²) in [4.78, 5) is 25.9. The molecular formula is C14H16F3N5O5. The lowest BCUT2D eigenvalue weighted by Gasteiger charge is -2.21. The van der Waals surface area contributed by atoms with E-state index in [0.717, 1.165) is 6.20 Å². The number of alkyl halides is 3. The minimum absolute atomic E-state index is 0.0262. The van der Waals surface area contributed by atoms with Crippen LogP contribution < -0.4 is 11.2 Å². The number of rotatable bonds is 6. The van der Waals surface area contributed by atoms with Crippen LogP contribution in [-0.4, -0.2) is 66.2 Å². The summed E-state index contributed by atoms with van der Waals surface area (Å²) in [5.74, 6) is -3.88. The minimum atomic E-state index is -3.88. The van der Waals surface area contributed by atoms with Gasteiger partial charge in [-0.1, -0.05) is 5.21 Å². The Hall–Kier alpha value is -2.51. The smallest absolute Gasteiger partial charge is 0.330 e. The first-order chi connectivity index (χ1) is 12.8. The third-order valence-electron chi connectivity index (χ3n) is 4.12. The molecular weight excluding hydrogens is 375 g/mol. The first-order valence-electron chi connectivity index (χ1n) is 7.89. The number of aliphatic hydroxyl groups is 2. The van der Waals surface area contributed by atoms with Gasteiger partial charge in [-0.25, -0.2) is 9.48 Å². The molecule has 0 spiro atoms. The molecule has 13 heteroatoms. The average molecular weight is 391 g/mol. The van der Waals surface area contributed by atoms with Crippen molar-refractivity contribution in [3.8, 4) is 0 Å². The Morgan fingerprint density at radius 2 is 2.07 bits per heavy atom. The van der Waals surface area contributed by atoms with Gasteiger partial charge < -0.3 is 14.9 Å². The second-order valence-electron chi connectivity index (χ2n) is 6.00. The van der Waals surface area contributed by atoms with Crippen LogP contribution in [-0.2, 0) is 17.7 Å². The third-order valence-corrected chi connectivity index (χ3v) is 4.12. The zero-order chi connectivity index (χ0) is 19.8. The standard InChI is InChI=1S/C14H16F3N5O5/c15-2-1-8-5-21(20-19-8)3-7-4-22(13(26)18-11(7)25)12-14(16,17)10(24)9(6-23)27-12/h4-5,9-10,12,23-24H,1-3,6H2,(H,18,25,26)/t9-,10-,12-/m1/s1. The van der Waals surface area contributed by atoms with E-state index in [2.05, 4.69) is 10.3 Å². The molecule has 2 aromatic heterocycles. The number of aliphatic hydroxyl groups excluding tert-OH is 2. The average Bonchev–Trinajstić information content (AvgIpc) is 3.14. The first-order valence-corrected chi connectivity index (χ1v) is 7.89. The molecule has 0 aromatic carbocycles. The second kappa shape index (κ2) is 7.25. The van der Waals surface area contributed by atoms with Gasteiger partial charge in [0.1, 0.15) is 6.10 Å². The Kier molecular flexibility index (Phi) is 5.17. The van der Waals surface area contributed by atoms with Crippen LogP contribution in [0.15, 0.2) is 22.0 Å². The molecule has 1 saturated heterocycles. The van der Waals surface area contributed by atoms with Gasteiger partial charge in [-0.05, 0) is 0 Å². The van der Waals surface area contributed by atoms with Crippen molar-refractivity contribution in [2.24, 2.45) is 0 Å². The molecule has 0 saturated carbocycles. The maximum atomic E-state index is 14.3. The Labute approximate surface area is 148 Å². The van der Waals surface area contributed by atoms with Crippen molar-refractivity contribution in [3.05, 3.63) is 44.5 Å². The maximum Gasteiger partial charge on any atom is 0.330 e. The highest BCUT2D eigenvalue weighted by molar-refractivity contribution is 5.08. The molecule has 0 unspecified atom stereocenters. The van der Waals surface area contributed by atoms with E-state index in [0.29, 0.717) is 10.3 Å². The Morgan fingerprint density at radius 1 is 1.33 bits per heavy atom. The summed E-state index contributed by atoms with van der Waals surface area (Å²) < 4.78 is 47.3.